The van der Waals surface area contributed by atoms with E-state index in [1.165, 1.54) is 6.08 Å². The molecule has 1 N–H and O–H groups in total. The summed E-state index contributed by atoms with van der Waals surface area (Å²) in [6.07, 6.45) is 3.96. The summed E-state index contributed by atoms with van der Waals surface area (Å²) in [6, 6.07) is 15.1. The fourth-order valence-electron chi connectivity index (χ4n) is 2.29. The molecule has 0 spiro atoms. The predicted molar refractivity (Wildman–Crippen MR) is 105 cm³/mol. The lowest BCUT2D eigenvalue weighted by atomic mass is 10.1. The number of hydrogen-bond donors (Lipinski definition) is 1. The quantitative estimate of drug-likeness (QED) is 0.430. The molecule has 0 aliphatic carbocycles. The van der Waals surface area contributed by atoms with Crippen LogP contribution in [0.15, 0.2) is 54.6 Å². The van der Waals surface area contributed by atoms with Crippen molar-refractivity contribution < 1.29 is 19.1 Å². The highest BCUT2D eigenvalue weighted by atomic mass is 16.5. The summed E-state index contributed by atoms with van der Waals surface area (Å²) < 4.78 is 4.95. The summed E-state index contributed by atoms with van der Waals surface area (Å²) >= 11 is 0. The molecule has 0 bridgehead atoms. The molecule has 0 atom stereocenters. The molecule has 0 aromatic heterocycles. The first-order valence-electron chi connectivity index (χ1n) is 8.80. The molecule has 0 saturated carbocycles. The molecular weight excluding hydrogens is 356 g/mol. The van der Waals surface area contributed by atoms with E-state index in [0.29, 0.717) is 23.2 Å². The van der Waals surface area contributed by atoms with Gasteiger partial charge in [0.1, 0.15) is 0 Å². The van der Waals surface area contributed by atoms with Crippen LogP contribution in [0, 0.1) is 11.3 Å². The van der Waals surface area contributed by atoms with Crippen molar-refractivity contribution in [2.75, 3.05) is 11.9 Å². The van der Waals surface area contributed by atoms with Crippen molar-refractivity contribution in [2.24, 2.45) is 0 Å². The molecule has 6 nitrogen and oxygen atoms in total. The lowest BCUT2D eigenvalue weighted by Crippen LogP contribution is -2.13. The number of esters is 1. The van der Waals surface area contributed by atoms with E-state index in [2.05, 4.69) is 5.32 Å². The molecule has 1 amide bonds. The summed E-state index contributed by atoms with van der Waals surface area (Å²) in [7, 11) is 0. The highest BCUT2D eigenvalue weighted by Crippen LogP contribution is 2.11. The van der Waals surface area contributed by atoms with Crippen LogP contribution in [0.5, 0.6) is 0 Å². The van der Waals surface area contributed by atoms with Gasteiger partial charge in [0, 0.05) is 23.7 Å². The van der Waals surface area contributed by atoms with Gasteiger partial charge in [0.2, 0.25) is 5.91 Å². The van der Waals surface area contributed by atoms with E-state index in [4.69, 9.17) is 10.00 Å². The Labute approximate surface area is 163 Å². The number of anilines is 1. The topological polar surface area (TPSA) is 96.3 Å². The zero-order valence-electron chi connectivity index (χ0n) is 15.5. The number of rotatable bonds is 8. The van der Waals surface area contributed by atoms with Crippen LogP contribution >= 0.6 is 0 Å². The smallest absolute Gasteiger partial charge is 0.331 e. The number of nitrogens with zero attached hydrogens (tertiary/aromatic N) is 1. The van der Waals surface area contributed by atoms with Crippen LogP contribution in [0.25, 0.3) is 6.08 Å². The van der Waals surface area contributed by atoms with Gasteiger partial charge in [0.15, 0.2) is 12.4 Å². The van der Waals surface area contributed by atoms with E-state index in [9.17, 15) is 14.4 Å². The Kier molecular flexibility index (Phi) is 7.67. The Hall–Kier alpha value is -3.72. The van der Waals surface area contributed by atoms with E-state index >= 15 is 0 Å². The minimum atomic E-state index is -0.638. The Morgan fingerprint density at radius 1 is 1.07 bits per heavy atom. The Balaban J connectivity index is 1.83. The Morgan fingerprint density at radius 3 is 2.36 bits per heavy atom. The summed E-state index contributed by atoms with van der Waals surface area (Å²) in [5.74, 6) is -1.06. The van der Waals surface area contributed by atoms with Gasteiger partial charge in [-0.25, -0.2) is 4.79 Å². The molecule has 0 aliphatic rings. The molecule has 0 radical (unpaired) electrons. The van der Waals surface area contributed by atoms with E-state index in [1.807, 2.05) is 13.0 Å². The molecule has 0 unspecified atom stereocenters. The van der Waals surface area contributed by atoms with Crippen LogP contribution in [0.4, 0.5) is 5.69 Å². The number of amides is 1. The number of ketones is 1. The number of benzene rings is 2. The first kappa shape index (κ1) is 20.6. The average molecular weight is 376 g/mol. The average Bonchev–Trinajstić information content (AvgIpc) is 2.71. The molecule has 0 fully saturated rings. The molecule has 28 heavy (non-hydrogen) atoms. The maximum Gasteiger partial charge on any atom is 0.331 e. The maximum absolute atomic E-state index is 12.1. The molecule has 142 valence electrons. The first-order chi connectivity index (χ1) is 13.5. The van der Waals surface area contributed by atoms with Gasteiger partial charge in [-0.15, -0.1) is 0 Å². The summed E-state index contributed by atoms with van der Waals surface area (Å²) in [5, 5.41) is 11.5. The number of carbonyl (C=O) groups is 3. The lowest BCUT2D eigenvalue weighted by molar-refractivity contribution is -0.136. The van der Waals surface area contributed by atoms with Crippen molar-refractivity contribution in [3.05, 3.63) is 71.3 Å². The number of hydrogen-bond acceptors (Lipinski definition) is 5. The second kappa shape index (κ2) is 10.4. The second-order valence-corrected chi connectivity index (χ2v) is 5.97. The fraction of sp³-hybridized carbons (Fsp3) is 0.182. The van der Waals surface area contributed by atoms with Crippen LogP contribution in [0.1, 0.15) is 41.3 Å². The molecule has 6 heteroatoms. The van der Waals surface area contributed by atoms with Crippen LogP contribution in [-0.4, -0.2) is 24.3 Å². The van der Waals surface area contributed by atoms with Gasteiger partial charge in [-0.3, -0.25) is 9.59 Å². The van der Waals surface area contributed by atoms with Gasteiger partial charge in [0.25, 0.3) is 0 Å². The van der Waals surface area contributed by atoms with Crippen molar-refractivity contribution in [3.8, 4) is 6.07 Å². The monoisotopic (exact) mass is 376 g/mol. The van der Waals surface area contributed by atoms with Crippen molar-refractivity contribution in [2.45, 2.75) is 19.8 Å². The third-order valence-electron chi connectivity index (χ3n) is 3.76. The second-order valence-electron chi connectivity index (χ2n) is 5.97. The van der Waals surface area contributed by atoms with Crippen molar-refractivity contribution in [1.82, 2.24) is 0 Å². The van der Waals surface area contributed by atoms with E-state index in [0.717, 1.165) is 12.0 Å². The van der Waals surface area contributed by atoms with Gasteiger partial charge in [-0.05, 0) is 54.5 Å². The van der Waals surface area contributed by atoms with Crippen LogP contribution in [-0.2, 0) is 14.3 Å². The molecular formula is C22H20N2O4. The molecule has 0 saturated heterocycles. The maximum atomic E-state index is 12.1. The Bertz CT molecular complexity index is 907. The first-order valence-corrected chi connectivity index (χ1v) is 8.80. The third-order valence-corrected chi connectivity index (χ3v) is 3.76. The van der Waals surface area contributed by atoms with Gasteiger partial charge in [-0.2, -0.15) is 5.26 Å². The van der Waals surface area contributed by atoms with Crippen molar-refractivity contribution in [3.63, 3.8) is 0 Å². The highest BCUT2D eigenvalue weighted by Gasteiger charge is 2.09. The van der Waals surface area contributed by atoms with E-state index < -0.39 is 5.97 Å². The van der Waals surface area contributed by atoms with Crippen LogP contribution in [0.3, 0.4) is 0 Å². The van der Waals surface area contributed by atoms with Gasteiger partial charge >= 0.3 is 5.97 Å². The van der Waals surface area contributed by atoms with E-state index in [1.54, 1.807) is 54.6 Å². The largest absolute Gasteiger partial charge is 0.454 e. The third kappa shape index (κ3) is 6.54. The number of nitriles is 1. The SMILES string of the molecule is CCCC(=O)Nc1ccc(C(=O)COC(=O)/C=C/c2ccc(C#N)cc2)cc1. The summed E-state index contributed by atoms with van der Waals surface area (Å²) in [4.78, 5) is 35.4. The standard InChI is InChI=1S/C22H20N2O4/c1-2-3-21(26)24-19-11-9-18(10-12-19)20(25)15-28-22(27)13-8-16-4-6-17(14-23)7-5-16/h4-13H,2-3,15H2,1H3,(H,24,26)/b13-8+. The zero-order chi connectivity index (χ0) is 20.4. The Morgan fingerprint density at radius 2 is 1.75 bits per heavy atom. The summed E-state index contributed by atoms with van der Waals surface area (Å²) in [5.41, 5.74) is 2.26. The van der Waals surface area contributed by atoms with Crippen molar-refractivity contribution in [1.29, 1.82) is 5.26 Å². The zero-order valence-corrected chi connectivity index (χ0v) is 15.5. The molecule has 2 rings (SSSR count). The van der Waals surface area contributed by atoms with Gasteiger partial charge in [-0.1, -0.05) is 19.1 Å². The van der Waals surface area contributed by atoms with Gasteiger partial charge < -0.3 is 10.1 Å². The van der Waals surface area contributed by atoms with E-state index in [-0.39, 0.29) is 18.3 Å². The normalized spacial score (nSPS) is 10.3. The predicted octanol–water partition coefficient (Wildman–Crippen LogP) is 3.74. The number of nitrogens with one attached hydrogen (secondary N) is 1. The van der Waals surface area contributed by atoms with Crippen LogP contribution < -0.4 is 5.32 Å². The molecule has 0 aliphatic heterocycles. The molecule has 2 aromatic rings. The van der Waals surface area contributed by atoms with Crippen LogP contribution in [0.2, 0.25) is 0 Å². The molecule has 2 aromatic carbocycles. The molecule has 0 heterocycles. The number of ether oxygens (including phenoxy) is 1. The van der Waals surface area contributed by atoms with Crippen molar-refractivity contribution >= 4 is 29.4 Å². The summed E-state index contributed by atoms with van der Waals surface area (Å²) in [6.45, 7) is 1.54. The minimum Gasteiger partial charge on any atom is -0.454 e. The number of Topliss-reactive ketones (excluding diaryl/α,β-unsaturated/α-hetero) is 1. The highest BCUT2D eigenvalue weighted by molar-refractivity contribution is 5.99. The minimum absolute atomic E-state index is 0.0791. The van der Waals surface area contributed by atoms with Gasteiger partial charge in [0.05, 0.1) is 11.6 Å². The fourth-order valence-corrected chi connectivity index (χ4v) is 2.29. The lowest BCUT2D eigenvalue weighted by Gasteiger charge is -2.06. The number of carbonyl (C=O) groups excluding carboxylic acids is 3.